The molecule has 0 saturated heterocycles. The van der Waals surface area contributed by atoms with E-state index in [1.54, 1.807) is 0 Å². The van der Waals surface area contributed by atoms with E-state index >= 15 is 0 Å². The maximum absolute atomic E-state index is 12.2. The van der Waals surface area contributed by atoms with Gasteiger partial charge in [0.25, 0.3) is 0 Å². The van der Waals surface area contributed by atoms with Crippen molar-refractivity contribution in [2.75, 3.05) is 13.2 Å². The Balaban J connectivity index is 4.80. The van der Waals surface area contributed by atoms with Crippen LogP contribution in [0.3, 0.4) is 0 Å². The summed E-state index contributed by atoms with van der Waals surface area (Å²) < 4.78 is 22.4. The zero-order valence-corrected chi connectivity index (χ0v) is 11.5. The smallest absolute Gasteiger partial charge is 0.386 e. The number of oxime groups is 1. The van der Waals surface area contributed by atoms with Gasteiger partial charge in [0.1, 0.15) is 0 Å². The van der Waals surface area contributed by atoms with Crippen LogP contribution in [0.25, 0.3) is 0 Å². The Morgan fingerprint density at radius 2 is 1.65 bits per heavy atom. The summed E-state index contributed by atoms with van der Waals surface area (Å²) in [5.41, 5.74) is -0.598. The second kappa shape index (κ2) is 7.58. The zero-order chi connectivity index (χ0) is 13.5. The van der Waals surface area contributed by atoms with Crippen LogP contribution in [0.4, 0.5) is 0 Å². The molecule has 100 valence electrons. The van der Waals surface area contributed by atoms with Crippen molar-refractivity contribution in [3.05, 3.63) is 0 Å². The van der Waals surface area contributed by atoms with Gasteiger partial charge in [0, 0.05) is 0 Å². The number of aldehydes is 1. The van der Waals surface area contributed by atoms with E-state index in [4.69, 9.17) is 14.3 Å². The number of carbonyl (C=O) groups is 1. The fraction of sp³-hybridized carbons (Fsp3) is 0.800. The minimum Gasteiger partial charge on any atom is -0.410 e. The standard InChI is InChI=1S/C10H20NO5P/c1-8(2)6-15-17(14,10(5-12)11-13)16-7-9(3)4/h5,8-9,13H,6-7H2,1-4H3/b11-10-. The maximum atomic E-state index is 12.2. The van der Waals surface area contributed by atoms with Gasteiger partial charge in [0.15, 0.2) is 6.29 Å². The van der Waals surface area contributed by atoms with Gasteiger partial charge in [0.2, 0.25) is 5.45 Å². The molecular formula is C10H20NO5P. The molecule has 7 heteroatoms. The lowest BCUT2D eigenvalue weighted by Gasteiger charge is -2.18. The number of hydrogen-bond donors (Lipinski definition) is 1. The lowest BCUT2D eigenvalue weighted by atomic mass is 10.2. The molecule has 0 aromatic carbocycles. The topological polar surface area (TPSA) is 85.2 Å². The highest BCUT2D eigenvalue weighted by molar-refractivity contribution is 7.74. The lowest BCUT2D eigenvalue weighted by Crippen LogP contribution is -2.13. The molecule has 0 fully saturated rings. The Morgan fingerprint density at radius 1 is 1.24 bits per heavy atom. The molecule has 0 aliphatic carbocycles. The largest absolute Gasteiger partial charge is 0.410 e. The molecular weight excluding hydrogens is 245 g/mol. The van der Waals surface area contributed by atoms with Crippen molar-refractivity contribution in [1.82, 2.24) is 0 Å². The molecule has 0 spiro atoms. The summed E-state index contributed by atoms with van der Waals surface area (Å²) in [6.07, 6.45) is 0.182. The van der Waals surface area contributed by atoms with Gasteiger partial charge in [-0.25, -0.2) is 0 Å². The summed E-state index contributed by atoms with van der Waals surface area (Å²) >= 11 is 0. The Morgan fingerprint density at radius 3 is 1.88 bits per heavy atom. The molecule has 0 aliphatic rings. The number of rotatable bonds is 8. The van der Waals surface area contributed by atoms with E-state index in [1.807, 2.05) is 27.7 Å². The first kappa shape index (κ1) is 16.3. The van der Waals surface area contributed by atoms with E-state index < -0.39 is 13.0 Å². The van der Waals surface area contributed by atoms with E-state index in [1.165, 1.54) is 0 Å². The maximum Gasteiger partial charge on any atom is 0.386 e. The van der Waals surface area contributed by atoms with Crippen molar-refractivity contribution in [1.29, 1.82) is 0 Å². The molecule has 0 atom stereocenters. The number of carbonyl (C=O) groups excluding carboxylic acids is 1. The molecule has 0 heterocycles. The van der Waals surface area contributed by atoms with Gasteiger partial charge in [-0.15, -0.1) is 0 Å². The summed E-state index contributed by atoms with van der Waals surface area (Å²) in [4.78, 5) is 10.6. The quantitative estimate of drug-likeness (QED) is 0.239. The Hall–Kier alpha value is -0.710. The summed E-state index contributed by atoms with van der Waals surface area (Å²) in [5.74, 6) is 0.245. The van der Waals surface area contributed by atoms with Crippen LogP contribution in [0, 0.1) is 11.8 Å². The van der Waals surface area contributed by atoms with Crippen molar-refractivity contribution in [3.63, 3.8) is 0 Å². The SMILES string of the molecule is CC(C)COP(=O)(OCC(C)C)/C(C=O)=N\O. The van der Waals surface area contributed by atoms with Crippen LogP contribution in [-0.2, 0) is 18.4 Å². The zero-order valence-electron chi connectivity index (χ0n) is 10.6. The highest BCUT2D eigenvalue weighted by Crippen LogP contribution is 2.49. The third kappa shape index (κ3) is 5.96. The molecule has 0 bridgehead atoms. The van der Waals surface area contributed by atoms with Gasteiger partial charge >= 0.3 is 7.60 Å². The molecule has 0 radical (unpaired) electrons. The van der Waals surface area contributed by atoms with E-state index in [9.17, 15) is 9.36 Å². The van der Waals surface area contributed by atoms with E-state index in [0.717, 1.165) is 0 Å². The van der Waals surface area contributed by atoms with E-state index in [2.05, 4.69) is 5.16 Å². The van der Waals surface area contributed by atoms with Crippen LogP contribution in [-0.4, -0.2) is 30.2 Å². The summed E-state index contributed by atoms with van der Waals surface area (Å²) in [7, 11) is -3.81. The fourth-order valence-corrected chi connectivity index (χ4v) is 2.37. The molecule has 0 amide bonds. The van der Waals surface area contributed by atoms with Crippen LogP contribution in [0.15, 0.2) is 5.16 Å². The predicted molar refractivity (Wildman–Crippen MR) is 64.5 cm³/mol. The highest BCUT2D eigenvalue weighted by atomic mass is 31.2. The van der Waals surface area contributed by atoms with Crippen LogP contribution in [0.1, 0.15) is 27.7 Å². The summed E-state index contributed by atoms with van der Waals surface area (Å²) in [6.45, 7) is 7.77. The van der Waals surface area contributed by atoms with Crippen molar-refractivity contribution in [2.45, 2.75) is 27.7 Å². The Bertz CT molecular complexity index is 298. The van der Waals surface area contributed by atoms with Gasteiger partial charge in [-0.05, 0) is 11.8 Å². The average Bonchev–Trinajstić information content (AvgIpc) is 2.25. The second-order valence-electron chi connectivity index (χ2n) is 4.45. The third-order valence-electron chi connectivity index (χ3n) is 1.64. The van der Waals surface area contributed by atoms with Crippen LogP contribution in [0.5, 0.6) is 0 Å². The summed E-state index contributed by atoms with van der Waals surface area (Å²) in [5, 5.41) is 11.3. The van der Waals surface area contributed by atoms with Crippen LogP contribution >= 0.6 is 7.60 Å². The van der Waals surface area contributed by atoms with Crippen molar-refractivity contribution < 1.29 is 23.6 Å². The molecule has 0 aliphatic heterocycles. The third-order valence-corrected chi connectivity index (χ3v) is 3.38. The Kier molecular flexibility index (Phi) is 7.27. The highest BCUT2D eigenvalue weighted by Gasteiger charge is 2.33. The second-order valence-corrected chi connectivity index (χ2v) is 6.42. The average molecular weight is 265 g/mol. The van der Waals surface area contributed by atoms with Gasteiger partial charge in [-0.2, -0.15) is 0 Å². The predicted octanol–water partition coefficient (Wildman–Crippen LogP) is 2.51. The normalized spacial score (nSPS) is 13.4. The molecule has 0 saturated carbocycles. The molecule has 6 nitrogen and oxygen atoms in total. The Labute approximate surface area is 102 Å². The fourth-order valence-electron chi connectivity index (χ4n) is 0.807. The number of hydrogen-bond acceptors (Lipinski definition) is 6. The first-order valence-corrected chi connectivity index (χ1v) is 6.97. The minimum absolute atomic E-state index is 0.123. The molecule has 0 aromatic heterocycles. The van der Waals surface area contributed by atoms with Gasteiger partial charge in [0.05, 0.1) is 13.2 Å². The molecule has 1 N–H and O–H groups in total. The number of nitrogens with zero attached hydrogens (tertiary/aromatic N) is 1. The van der Waals surface area contributed by atoms with Gasteiger partial charge in [-0.1, -0.05) is 32.9 Å². The lowest BCUT2D eigenvalue weighted by molar-refractivity contribution is -0.102. The van der Waals surface area contributed by atoms with Gasteiger partial charge < -0.3 is 14.3 Å². The monoisotopic (exact) mass is 265 g/mol. The minimum atomic E-state index is -3.81. The van der Waals surface area contributed by atoms with Gasteiger partial charge in [-0.3, -0.25) is 9.36 Å². The first-order chi connectivity index (χ1) is 7.85. The van der Waals surface area contributed by atoms with Crippen molar-refractivity contribution >= 4 is 19.3 Å². The van der Waals surface area contributed by atoms with E-state index in [-0.39, 0.29) is 31.3 Å². The van der Waals surface area contributed by atoms with E-state index in [0.29, 0.717) is 0 Å². The van der Waals surface area contributed by atoms with Crippen molar-refractivity contribution in [3.8, 4) is 0 Å². The summed E-state index contributed by atoms with van der Waals surface area (Å²) in [6, 6.07) is 0. The van der Waals surface area contributed by atoms with Crippen LogP contribution in [0.2, 0.25) is 0 Å². The molecule has 17 heavy (non-hydrogen) atoms. The van der Waals surface area contributed by atoms with Crippen molar-refractivity contribution in [2.24, 2.45) is 17.0 Å². The molecule has 0 rings (SSSR count). The molecule has 0 unspecified atom stereocenters. The first-order valence-electron chi connectivity index (χ1n) is 5.42. The molecule has 0 aromatic rings. The van der Waals surface area contributed by atoms with Crippen LogP contribution < -0.4 is 0 Å².